The van der Waals surface area contributed by atoms with E-state index in [9.17, 15) is 0 Å². The van der Waals surface area contributed by atoms with Crippen LogP contribution in [-0.4, -0.2) is 23.7 Å². The Balaban J connectivity index is 1.89. The summed E-state index contributed by atoms with van der Waals surface area (Å²) < 4.78 is 5.47. The molecule has 0 aromatic heterocycles. The van der Waals surface area contributed by atoms with Gasteiger partial charge in [0, 0.05) is 24.3 Å². The number of hydrogen-bond acceptors (Lipinski definition) is 2. The SMILES string of the molecule is C=CCOc1ccc(CN(C)C(=S)Nc2ccc(Cl)cc2)cc1. The van der Waals surface area contributed by atoms with Crippen LogP contribution in [0, 0.1) is 0 Å². The second kappa shape index (κ2) is 8.56. The predicted molar refractivity (Wildman–Crippen MR) is 101 cm³/mol. The lowest BCUT2D eigenvalue weighted by molar-refractivity contribution is 0.363. The molecule has 0 aliphatic rings. The first kappa shape index (κ1) is 17.3. The van der Waals surface area contributed by atoms with Crippen LogP contribution in [-0.2, 0) is 6.54 Å². The maximum absolute atomic E-state index is 5.88. The molecule has 0 fully saturated rings. The second-order valence-electron chi connectivity index (χ2n) is 5.04. The molecule has 23 heavy (non-hydrogen) atoms. The summed E-state index contributed by atoms with van der Waals surface area (Å²) in [6.45, 7) is 4.85. The molecule has 0 heterocycles. The van der Waals surface area contributed by atoms with E-state index in [4.69, 9.17) is 28.6 Å². The topological polar surface area (TPSA) is 24.5 Å². The van der Waals surface area contributed by atoms with Crippen LogP contribution in [0.25, 0.3) is 0 Å². The lowest BCUT2D eigenvalue weighted by Gasteiger charge is -2.21. The van der Waals surface area contributed by atoms with Gasteiger partial charge in [0.05, 0.1) is 0 Å². The fraction of sp³-hybridized carbons (Fsp3) is 0.167. The lowest BCUT2D eigenvalue weighted by atomic mass is 10.2. The van der Waals surface area contributed by atoms with E-state index in [1.165, 1.54) is 0 Å². The van der Waals surface area contributed by atoms with Crippen molar-refractivity contribution in [1.29, 1.82) is 0 Å². The van der Waals surface area contributed by atoms with Gasteiger partial charge >= 0.3 is 0 Å². The molecule has 0 atom stereocenters. The van der Waals surface area contributed by atoms with Crippen molar-refractivity contribution in [2.45, 2.75) is 6.54 Å². The van der Waals surface area contributed by atoms with Gasteiger partial charge in [0.1, 0.15) is 12.4 Å². The third-order valence-corrected chi connectivity index (χ3v) is 3.82. The van der Waals surface area contributed by atoms with Gasteiger partial charge in [0.15, 0.2) is 5.11 Å². The number of halogens is 1. The van der Waals surface area contributed by atoms with E-state index in [2.05, 4.69) is 11.9 Å². The molecule has 5 heteroatoms. The summed E-state index contributed by atoms with van der Waals surface area (Å²) in [6.07, 6.45) is 1.72. The molecule has 0 aliphatic heterocycles. The zero-order valence-electron chi connectivity index (χ0n) is 13.0. The van der Waals surface area contributed by atoms with Gasteiger partial charge < -0.3 is 15.0 Å². The summed E-state index contributed by atoms with van der Waals surface area (Å²) in [5, 5.41) is 4.55. The number of rotatable bonds is 6. The summed E-state index contributed by atoms with van der Waals surface area (Å²) >= 11 is 11.3. The Hall–Kier alpha value is -2.04. The molecule has 0 amide bonds. The van der Waals surface area contributed by atoms with Crippen LogP contribution < -0.4 is 10.1 Å². The first-order chi connectivity index (χ1) is 11.1. The normalized spacial score (nSPS) is 10.0. The van der Waals surface area contributed by atoms with Gasteiger partial charge in [-0.05, 0) is 54.2 Å². The third-order valence-electron chi connectivity index (χ3n) is 3.15. The average molecular weight is 347 g/mol. The number of benzene rings is 2. The van der Waals surface area contributed by atoms with E-state index in [1.807, 2.05) is 60.5 Å². The maximum atomic E-state index is 5.88. The number of thiocarbonyl (C=S) groups is 1. The maximum Gasteiger partial charge on any atom is 0.173 e. The molecule has 2 aromatic carbocycles. The lowest BCUT2D eigenvalue weighted by Crippen LogP contribution is -2.30. The van der Waals surface area contributed by atoms with Crippen LogP contribution in [0.5, 0.6) is 5.75 Å². The molecule has 3 nitrogen and oxygen atoms in total. The van der Waals surface area contributed by atoms with Crippen molar-refractivity contribution in [3.05, 3.63) is 71.8 Å². The molecule has 0 bridgehead atoms. The molecule has 0 saturated carbocycles. The molecule has 2 rings (SSSR count). The first-order valence-electron chi connectivity index (χ1n) is 7.19. The highest BCUT2D eigenvalue weighted by atomic mass is 35.5. The number of nitrogens with zero attached hydrogens (tertiary/aromatic N) is 1. The minimum atomic E-state index is 0.508. The highest BCUT2D eigenvalue weighted by Gasteiger charge is 2.06. The van der Waals surface area contributed by atoms with Crippen molar-refractivity contribution in [2.75, 3.05) is 19.0 Å². The van der Waals surface area contributed by atoms with Crippen LogP contribution in [0.2, 0.25) is 5.02 Å². The van der Waals surface area contributed by atoms with Crippen molar-refractivity contribution in [3.8, 4) is 5.75 Å². The zero-order valence-corrected chi connectivity index (χ0v) is 14.5. The Morgan fingerprint density at radius 3 is 2.48 bits per heavy atom. The third kappa shape index (κ3) is 5.58. The average Bonchev–Trinajstić information content (AvgIpc) is 2.56. The van der Waals surface area contributed by atoms with E-state index in [1.54, 1.807) is 6.08 Å². The summed E-state index contributed by atoms with van der Waals surface area (Å²) in [6, 6.07) is 15.4. The summed E-state index contributed by atoms with van der Waals surface area (Å²) in [5.74, 6) is 0.832. The van der Waals surface area contributed by atoms with Gasteiger partial charge in [-0.3, -0.25) is 0 Å². The first-order valence-corrected chi connectivity index (χ1v) is 7.97. The fourth-order valence-electron chi connectivity index (χ4n) is 1.94. The molecule has 0 saturated heterocycles. The largest absolute Gasteiger partial charge is 0.490 e. The Labute approximate surface area is 147 Å². The van der Waals surface area contributed by atoms with E-state index in [0.717, 1.165) is 17.0 Å². The molecule has 120 valence electrons. The van der Waals surface area contributed by atoms with Crippen LogP contribution in [0.3, 0.4) is 0 Å². The van der Waals surface area contributed by atoms with Gasteiger partial charge in [-0.1, -0.05) is 36.4 Å². The van der Waals surface area contributed by atoms with E-state index in [-0.39, 0.29) is 0 Å². The Bertz CT molecular complexity index is 656. The zero-order chi connectivity index (χ0) is 16.7. The molecule has 0 radical (unpaired) electrons. The number of hydrogen-bond donors (Lipinski definition) is 1. The Morgan fingerprint density at radius 2 is 1.87 bits per heavy atom. The molecule has 1 N–H and O–H groups in total. The molecule has 0 spiro atoms. The number of anilines is 1. The van der Waals surface area contributed by atoms with Crippen molar-refractivity contribution < 1.29 is 4.74 Å². The van der Waals surface area contributed by atoms with Gasteiger partial charge in [-0.2, -0.15) is 0 Å². The van der Waals surface area contributed by atoms with Gasteiger partial charge in [-0.25, -0.2) is 0 Å². The monoisotopic (exact) mass is 346 g/mol. The van der Waals surface area contributed by atoms with Gasteiger partial charge in [0.25, 0.3) is 0 Å². The molecular formula is C18H19ClN2OS. The molecule has 0 unspecified atom stereocenters. The summed E-state index contributed by atoms with van der Waals surface area (Å²) in [4.78, 5) is 1.98. The highest BCUT2D eigenvalue weighted by molar-refractivity contribution is 7.80. The van der Waals surface area contributed by atoms with Crippen LogP contribution in [0.1, 0.15) is 5.56 Å². The van der Waals surface area contributed by atoms with Crippen LogP contribution in [0.15, 0.2) is 61.2 Å². The van der Waals surface area contributed by atoms with E-state index >= 15 is 0 Å². The molecule has 2 aromatic rings. The Kier molecular flexibility index (Phi) is 6.44. The summed E-state index contributed by atoms with van der Waals surface area (Å²) in [5.41, 5.74) is 2.07. The second-order valence-corrected chi connectivity index (χ2v) is 5.86. The van der Waals surface area contributed by atoms with Gasteiger partial charge in [-0.15, -0.1) is 0 Å². The van der Waals surface area contributed by atoms with Crippen LogP contribution >= 0.6 is 23.8 Å². The highest BCUT2D eigenvalue weighted by Crippen LogP contribution is 2.16. The van der Waals surface area contributed by atoms with Crippen molar-refractivity contribution in [3.63, 3.8) is 0 Å². The molecular weight excluding hydrogens is 328 g/mol. The van der Waals surface area contributed by atoms with E-state index < -0.39 is 0 Å². The predicted octanol–water partition coefficient (Wildman–Crippen LogP) is 4.73. The van der Waals surface area contributed by atoms with E-state index in [0.29, 0.717) is 23.3 Å². The minimum absolute atomic E-state index is 0.508. The van der Waals surface area contributed by atoms with Crippen molar-refractivity contribution in [1.82, 2.24) is 4.90 Å². The number of nitrogens with one attached hydrogen (secondary N) is 1. The summed E-state index contributed by atoms with van der Waals surface area (Å²) in [7, 11) is 1.95. The molecule has 0 aliphatic carbocycles. The van der Waals surface area contributed by atoms with Crippen molar-refractivity contribution >= 4 is 34.6 Å². The smallest absolute Gasteiger partial charge is 0.173 e. The standard InChI is InChI=1S/C18H19ClN2OS/c1-3-12-22-17-10-4-14(5-11-17)13-21(2)18(23)20-16-8-6-15(19)7-9-16/h3-11H,1,12-13H2,2H3,(H,20,23). The van der Waals surface area contributed by atoms with Crippen LogP contribution in [0.4, 0.5) is 5.69 Å². The van der Waals surface area contributed by atoms with Crippen molar-refractivity contribution in [2.24, 2.45) is 0 Å². The number of ether oxygens (including phenoxy) is 1. The fourth-order valence-corrected chi connectivity index (χ4v) is 2.25. The van der Waals surface area contributed by atoms with Gasteiger partial charge in [0.2, 0.25) is 0 Å². The minimum Gasteiger partial charge on any atom is -0.490 e. The Morgan fingerprint density at radius 1 is 1.22 bits per heavy atom. The quantitative estimate of drug-likeness (QED) is 0.603.